The molecule has 2 radical (unpaired) electrons. The zero-order valence-corrected chi connectivity index (χ0v) is 8.78. The van der Waals surface area contributed by atoms with Crippen LogP contribution in [0, 0.1) is 0 Å². The SMILES string of the molecule is [B]c1nc2cc(Cl)c(C(C)C)cn2n1. The van der Waals surface area contributed by atoms with Crippen molar-refractivity contribution in [2.45, 2.75) is 19.8 Å². The van der Waals surface area contributed by atoms with Crippen molar-refractivity contribution in [3.05, 3.63) is 22.8 Å². The molecule has 2 rings (SSSR count). The highest BCUT2D eigenvalue weighted by molar-refractivity contribution is 6.32. The van der Waals surface area contributed by atoms with Gasteiger partial charge in [-0.25, -0.2) is 9.50 Å². The molecular formula is C9H9BClN3. The maximum Gasteiger partial charge on any atom is 0.173 e. The fourth-order valence-corrected chi connectivity index (χ4v) is 1.73. The summed E-state index contributed by atoms with van der Waals surface area (Å²) >= 11 is 6.09. The van der Waals surface area contributed by atoms with Gasteiger partial charge in [0.15, 0.2) is 13.5 Å². The van der Waals surface area contributed by atoms with Crippen LogP contribution in [0.4, 0.5) is 0 Å². The minimum absolute atomic E-state index is 0.266. The van der Waals surface area contributed by atoms with E-state index in [9.17, 15) is 0 Å². The molecule has 0 aromatic carbocycles. The molecule has 0 spiro atoms. The number of hydrogen-bond donors (Lipinski definition) is 0. The molecule has 70 valence electrons. The van der Waals surface area contributed by atoms with Crippen molar-refractivity contribution in [2.75, 3.05) is 0 Å². The Balaban J connectivity index is 2.70. The van der Waals surface area contributed by atoms with Gasteiger partial charge in [0, 0.05) is 17.3 Å². The monoisotopic (exact) mass is 205 g/mol. The van der Waals surface area contributed by atoms with Crippen LogP contribution in [-0.4, -0.2) is 22.4 Å². The molecule has 2 aromatic heterocycles. The number of fused-ring (bicyclic) bond motifs is 1. The van der Waals surface area contributed by atoms with Crippen LogP contribution >= 0.6 is 11.6 Å². The Morgan fingerprint density at radius 2 is 2.21 bits per heavy atom. The van der Waals surface area contributed by atoms with Crippen LogP contribution in [0.25, 0.3) is 5.65 Å². The summed E-state index contributed by atoms with van der Waals surface area (Å²) in [6, 6.07) is 1.78. The van der Waals surface area contributed by atoms with Crippen LogP contribution in [0.2, 0.25) is 5.02 Å². The Kier molecular flexibility index (Phi) is 2.23. The number of rotatable bonds is 1. The van der Waals surface area contributed by atoms with Gasteiger partial charge in [-0.1, -0.05) is 25.4 Å². The molecule has 0 saturated heterocycles. The first kappa shape index (κ1) is 9.53. The number of halogens is 1. The van der Waals surface area contributed by atoms with Gasteiger partial charge in [-0.15, -0.1) is 0 Å². The van der Waals surface area contributed by atoms with Crippen molar-refractivity contribution in [1.29, 1.82) is 0 Å². The lowest BCUT2D eigenvalue weighted by Crippen LogP contribution is -2.06. The van der Waals surface area contributed by atoms with Crippen molar-refractivity contribution < 1.29 is 0 Å². The van der Waals surface area contributed by atoms with Crippen LogP contribution in [0.3, 0.4) is 0 Å². The van der Waals surface area contributed by atoms with E-state index in [4.69, 9.17) is 19.4 Å². The molecule has 0 bridgehead atoms. The van der Waals surface area contributed by atoms with Crippen LogP contribution in [0.15, 0.2) is 12.3 Å². The third kappa shape index (κ3) is 1.50. The van der Waals surface area contributed by atoms with Gasteiger partial charge >= 0.3 is 0 Å². The van der Waals surface area contributed by atoms with Crippen LogP contribution in [0.1, 0.15) is 25.3 Å². The highest BCUT2D eigenvalue weighted by Crippen LogP contribution is 2.24. The molecule has 14 heavy (non-hydrogen) atoms. The third-order valence-electron chi connectivity index (χ3n) is 2.09. The second-order valence-corrected chi connectivity index (χ2v) is 3.91. The third-order valence-corrected chi connectivity index (χ3v) is 2.42. The summed E-state index contributed by atoms with van der Waals surface area (Å²) in [6.45, 7) is 4.15. The Hall–Kier alpha value is -1.03. The maximum atomic E-state index is 6.09. The standard InChI is InChI=1S/C9H9BClN3/c1-5(2)6-4-14-8(3-7(6)11)12-9(10)13-14/h3-5H,1-2H3. The van der Waals surface area contributed by atoms with Gasteiger partial charge in [0.25, 0.3) is 0 Å². The number of pyridine rings is 1. The van der Waals surface area contributed by atoms with E-state index in [2.05, 4.69) is 23.9 Å². The van der Waals surface area contributed by atoms with E-state index in [1.807, 2.05) is 6.20 Å². The van der Waals surface area contributed by atoms with Gasteiger partial charge in [-0.2, -0.15) is 5.10 Å². The van der Waals surface area contributed by atoms with Crippen LogP contribution < -0.4 is 5.72 Å². The summed E-state index contributed by atoms with van der Waals surface area (Å²) in [5.74, 6) is 0.359. The summed E-state index contributed by atoms with van der Waals surface area (Å²) in [7, 11) is 5.48. The number of nitrogens with zero attached hydrogens (tertiary/aromatic N) is 3. The fraction of sp³-hybridized carbons (Fsp3) is 0.333. The number of aromatic nitrogens is 3. The van der Waals surface area contributed by atoms with Gasteiger partial charge < -0.3 is 0 Å². The quantitative estimate of drug-likeness (QED) is 0.657. The van der Waals surface area contributed by atoms with Crippen molar-refractivity contribution >= 4 is 30.8 Å². The van der Waals surface area contributed by atoms with Crippen molar-refractivity contribution in [1.82, 2.24) is 14.6 Å². The molecule has 0 unspecified atom stereocenters. The zero-order valence-electron chi connectivity index (χ0n) is 8.03. The second kappa shape index (κ2) is 3.28. The molecule has 0 fully saturated rings. The Bertz CT molecular complexity index is 478. The van der Waals surface area contributed by atoms with E-state index in [0.717, 1.165) is 5.56 Å². The van der Waals surface area contributed by atoms with Crippen molar-refractivity contribution in [2.24, 2.45) is 0 Å². The molecule has 3 nitrogen and oxygen atoms in total. The van der Waals surface area contributed by atoms with E-state index < -0.39 is 0 Å². The molecule has 5 heteroatoms. The Morgan fingerprint density at radius 1 is 1.50 bits per heavy atom. The first-order chi connectivity index (χ1) is 6.58. The summed E-state index contributed by atoms with van der Waals surface area (Å²) in [5, 5.41) is 4.73. The molecular weight excluding hydrogens is 196 g/mol. The Morgan fingerprint density at radius 3 is 2.86 bits per heavy atom. The molecule has 0 saturated carbocycles. The molecule has 0 aliphatic heterocycles. The van der Waals surface area contributed by atoms with Gasteiger partial charge in [0.2, 0.25) is 0 Å². The largest absolute Gasteiger partial charge is 0.224 e. The van der Waals surface area contributed by atoms with Gasteiger partial charge in [-0.3, -0.25) is 0 Å². The second-order valence-electron chi connectivity index (χ2n) is 3.50. The van der Waals surface area contributed by atoms with Gasteiger partial charge in [-0.05, 0) is 11.5 Å². The van der Waals surface area contributed by atoms with E-state index in [1.165, 1.54) is 0 Å². The molecule has 0 aliphatic rings. The fourth-order valence-electron chi connectivity index (χ4n) is 1.36. The minimum Gasteiger partial charge on any atom is -0.224 e. The molecule has 2 heterocycles. The average Bonchev–Trinajstić information content (AvgIpc) is 2.42. The van der Waals surface area contributed by atoms with Crippen molar-refractivity contribution in [3.8, 4) is 0 Å². The molecule has 0 atom stereocenters. The Labute approximate surface area is 88.5 Å². The summed E-state index contributed by atoms with van der Waals surface area (Å²) in [5.41, 5.74) is 1.99. The summed E-state index contributed by atoms with van der Waals surface area (Å²) in [4.78, 5) is 4.02. The number of hydrogen-bond acceptors (Lipinski definition) is 2. The van der Waals surface area contributed by atoms with E-state index >= 15 is 0 Å². The lowest BCUT2D eigenvalue weighted by molar-refractivity contribution is 0.838. The van der Waals surface area contributed by atoms with E-state index in [1.54, 1.807) is 10.6 Å². The topological polar surface area (TPSA) is 30.2 Å². The average molecular weight is 205 g/mol. The van der Waals surface area contributed by atoms with Gasteiger partial charge in [0.1, 0.15) is 0 Å². The maximum absolute atomic E-state index is 6.09. The molecule has 2 aromatic rings. The first-order valence-corrected chi connectivity index (χ1v) is 4.77. The van der Waals surface area contributed by atoms with Gasteiger partial charge in [0.05, 0.1) is 5.72 Å². The van der Waals surface area contributed by atoms with Crippen LogP contribution in [0.5, 0.6) is 0 Å². The minimum atomic E-state index is 0.266. The van der Waals surface area contributed by atoms with Crippen LogP contribution in [-0.2, 0) is 0 Å². The van der Waals surface area contributed by atoms with E-state index in [-0.39, 0.29) is 5.72 Å². The summed E-state index contributed by atoms with van der Waals surface area (Å²) in [6.07, 6.45) is 1.87. The molecule has 0 amide bonds. The predicted molar refractivity (Wildman–Crippen MR) is 57.5 cm³/mol. The summed E-state index contributed by atoms with van der Waals surface area (Å²) < 4.78 is 1.65. The smallest absolute Gasteiger partial charge is 0.173 e. The first-order valence-electron chi connectivity index (χ1n) is 4.39. The lowest BCUT2D eigenvalue weighted by Gasteiger charge is -2.07. The van der Waals surface area contributed by atoms with E-state index in [0.29, 0.717) is 16.6 Å². The lowest BCUT2D eigenvalue weighted by atomic mass is 10.1. The zero-order chi connectivity index (χ0) is 10.3. The highest BCUT2D eigenvalue weighted by atomic mass is 35.5. The molecule has 0 N–H and O–H groups in total. The highest BCUT2D eigenvalue weighted by Gasteiger charge is 2.08. The predicted octanol–water partition coefficient (Wildman–Crippen LogP) is 1.30. The normalized spacial score (nSPS) is 11.4. The van der Waals surface area contributed by atoms with Crippen molar-refractivity contribution in [3.63, 3.8) is 0 Å². The molecule has 0 aliphatic carbocycles.